The Morgan fingerprint density at radius 3 is 1.28 bits per heavy atom. The Balaban J connectivity index is 0.000000243. The number of halogens is 3. The molecule has 4 rings (SSSR count). The summed E-state index contributed by atoms with van der Waals surface area (Å²) >= 11 is 0. The quantitative estimate of drug-likeness (QED) is 0.274. The standard InChI is InChI=1S/C21H21S.C7H5F3/c1-16-14-17(2)21(18(3)15-16)22(19-10-6-4-7-11-19)20-12-8-5-9-13-20;8-7(9,10)6-4-2-1-3-5-6/h4-15H,1-3H3;1-5H/q+1;. The molecule has 0 radical (unpaired) electrons. The molecule has 0 aliphatic carbocycles. The van der Waals surface area contributed by atoms with Crippen molar-refractivity contribution in [1.82, 2.24) is 0 Å². The second-order valence-corrected chi connectivity index (χ2v) is 9.49. The Kier molecular flexibility index (Phi) is 7.81. The molecule has 0 amide bonds. The van der Waals surface area contributed by atoms with E-state index in [9.17, 15) is 13.2 Å². The lowest BCUT2D eigenvalue weighted by Gasteiger charge is -2.13. The molecule has 0 atom stereocenters. The Labute approximate surface area is 191 Å². The summed E-state index contributed by atoms with van der Waals surface area (Å²) in [6, 6.07) is 32.7. The minimum atomic E-state index is -4.21. The topological polar surface area (TPSA) is 0 Å². The van der Waals surface area contributed by atoms with Crippen molar-refractivity contribution in [2.24, 2.45) is 0 Å². The predicted molar refractivity (Wildman–Crippen MR) is 127 cm³/mol. The van der Waals surface area contributed by atoms with Crippen LogP contribution in [0.4, 0.5) is 13.2 Å². The first-order valence-corrected chi connectivity index (χ1v) is 11.5. The zero-order chi connectivity index (χ0) is 23.1. The van der Waals surface area contributed by atoms with Crippen LogP contribution in [0.2, 0.25) is 0 Å². The largest absolute Gasteiger partial charge is 0.416 e. The van der Waals surface area contributed by atoms with Crippen LogP contribution in [0.1, 0.15) is 22.3 Å². The van der Waals surface area contributed by atoms with E-state index >= 15 is 0 Å². The molecule has 164 valence electrons. The van der Waals surface area contributed by atoms with Gasteiger partial charge in [0.1, 0.15) is 0 Å². The fourth-order valence-electron chi connectivity index (χ4n) is 3.60. The summed E-state index contributed by atoms with van der Waals surface area (Å²) in [5.74, 6) is 0. The van der Waals surface area contributed by atoms with Gasteiger partial charge in [-0.3, -0.25) is 0 Å². The van der Waals surface area contributed by atoms with Gasteiger partial charge in [0.25, 0.3) is 0 Å². The van der Waals surface area contributed by atoms with Gasteiger partial charge in [-0.15, -0.1) is 0 Å². The van der Waals surface area contributed by atoms with Gasteiger partial charge in [0.05, 0.1) is 16.5 Å². The number of hydrogen-bond donors (Lipinski definition) is 0. The fourth-order valence-corrected chi connectivity index (χ4v) is 5.96. The van der Waals surface area contributed by atoms with Crippen molar-refractivity contribution in [3.8, 4) is 0 Å². The third-order valence-corrected chi connectivity index (χ3v) is 7.41. The SMILES string of the molecule is Cc1cc(C)c([S+](c2ccccc2)c2ccccc2)c(C)c1.FC(F)(F)c1ccccc1. The lowest BCUT2D eigenvalue weighted by molar-refractivity contribution is -0.137. The monoisotopic (exact) mass is 451 g/mol. The average molecular weight is 452 g/mol. The van der Waals surface area contributed by atoms with Crippen molar-refractivity contribution in [3.05, 3.63) is 125 Å². The molecule has 0 fully saturated rings. The lowest BCUT2D eigenvalue weighted by atomic mass is 10.1. The molecular weight excluding hydrogens is 425 g/mol. The molecule has 0 aliphatic rings. The van der Waals surface area contributed by atoms with Crippen molar-refractivity contribution < 1.29 is 13.2 Å². The van der Waals surface area contributed by atoms with E-state index in [2.05, 4.69) is 93.6 Å². The van der Waals surface area contributed by atoms with Crippen LogP contribution in [0.3, 0.4) is 0 Å². The third-order valence-electron chi connectivity index (χ3n) is 4.87. The smallest absolute Gasteiger partial charge is 0.166 e. The summed E-state index contributed by atoms with van der Waals surface area (Å²) in [4.78, 5) is 4.22. The van der Waals surface area contributed by atoms with Gasteiger partial charge in [-0.1, -0.05) is 84.4 Å². The molecule has 0 saturated carbocycles. The van der Waals surface area contributed by atoms with Gasteiger partial charge in [-0.05, 0) is 45.0 Å². The van der Waals surface area contributed by atoms with E-state index in [1.54, 1.807) is 6.07 Å². The highest BCUT2D eigenvalue weighted by atomic mass is 32.2. The molecule has 0 spiro atoms. The van der Waals surface area contributed by atoms with Crippen molar-refractivity contribution >= 4 is 10.9 Å². The van der Waals surface area contributed by atoms with Crippen LogP contribution in [-0.2, 0) is 17.1 Å². The molecule has 4 aromatic rings. The van der Waals surface area contributed by atoms with E-state index in [0.29, 0.717) is 0 Å². The minimum absolute atomic E-state index is 0.0460. The normalized spacial score (nSPS) is 11.1. The zero-order valence-corrected chi connectivity index (χ0v) is 19.2. The van der Waals surface area contributed by atoms with Crippen molar-refractivity contribution in [3.63, 3.8) is 0 Å². The second-order valence-electron chi connectivity index (χ2n) is 7.52. The van der Waals surface area contributed by atoms with Crippen LogP contribution in [0, 0.1) is 20.8 Å². The van der Waals surface area contributed by atoms with Crippen LogP contribution in [0.25, 0.3) is 0 Å². The van der Waals surface area contributed by atoms with Gasteiger partial charge < -0.3 is 0 Å². The molecule has 0 bridgehead atoms. The Bertz CT molecular complexity index is 1060. The van der Waals surface area contributed by atoms with Gasteiger partial charge in [0.15, 0.2) is 14.7 Å². The summed E-state index contributed by atoms with van der Waals surface area (Å²) in [6.07, 6.45) is -4.21. The van der Waals surface area contributed by atoms with Crippen molar-refractivity contribution in [2.75, 3.05) is 0 Å². The van der Waals surface area contributed by atoms with Gasteiger partial charge in [0, 0.05) is 11.1 Å². The second kappa shape index (κ2) is 10.6. The van der Waals surface area contributed by atoms with Crippen molar-refractivity contribution in [2.45, 2.75) is 41.6 Å². The Morgan fingerprint density at radius 1 is 0.562 bits per heavy atom. The molecule has 4 aromatic carbocycles. The number of aryl methyl sites for hydroxylation is 3. The molecule has 0 aromatic heterocycles. The van der Waals surface area contributed by atoms with E-state index in [0.717, 1.165) is 12.1 Å². The minimum Gasteiger partial charge on any atom is -0.166 e. The molecule has 0 unspecified atom stereocenters. The van der Waals surface area contributed by atoms with E-state index in [1.807, 2.05) is 0 Å². The molecule has 0 saturated heterocycles. The highest BCUT2D eigenvalue weighted by Crippen LogP contribution is 2.35. The summed E-state index contributed by atoms with van der Waals surface area (Å²) in [5.41, 5.74) is 3.50. The van der Waals surface area contributed by atoms with Gasteiger partial charge in [-0.25, -0.2) is 0 Å². The maximum absolute atomic E-state index is 11.8. The average Bonchev–Trinajstić information content (AvgIpc) is 2.78. The summed E-state index contributed by atoms with van der Waals surface area (Å²) < 4.78 is 35.4. The summed E-state index contributed by atoms with van der Waals surface area (Å²) in [6.45, 7) is 6.65. The number of benzene rings is 4. The van der Waals surface area contributed by atoms with Crippen LogP contribution < -0.4 is 0 Å². The molecule has 0 aliphatic heterocycles. The van der Waals surface area contributed by atoms with Gasteiger partial charge >= 0.3 is 6.18 Å². The van der Waals surface area contributed by atoms with E-state index in [-0.39, 0.29) is 10.9 Å². The van der Waals surface area contributed by atoms with Crippen molar-refractivity contribution in [1.29, 1.82) is 0 Å². The van der Waals surface area contributed by atoms with Crippen LogP contribution in [0.5, 0.6) is 0 Å². The van der Waals surface area contributed by atoms with E-state index in [4.69, 9.17) is 0 Å². The predicted octanol–water partition coefficient (Wildman–Crippen LogP) is 8.41. The molecular formula is C28H26F3S+. The van der Waals surface area contributed by atoms with Gasteiger partial charge in [0.2, 0.25) is 0 Å². The molecule has 0 heterocycles. The number of rotatable bonds is 3. The molecule has 4 heteroatoms. The van der Waals surface area contributed by atoms with E-state index < -0.39 is 11.7 Å². The zero-order valence-electron chi connectivity index (χ0n) is 18.4. The maximum Gasteiger partial charge on any atom is 0.416 e. The first-order chi connectivity index (χ1) is 15.3. The lowest BCUT2D eigenvalue weighted by Crippen LogP contribution is -2.08. The van der Waals surface area contributed by atoms with Crippen LogP contribution in [0.15, 0.2) is 118 Å². The molecule has 0 N–H and O–H groups in total. The molecule has 32 heavy (non-hydrogen) atoms. The first kappa shape index (κ1) is 23.7. The Hall–Kier alpha value is -2.98. The van der Waals surface area contributed by atoms with Crippen LogP contribution in [-0.4, -0.2) is 0 Å². The molecule has 0 nitrogen and oxygen atoms in total. The highest BCUT2D eigenvalue weighted by molar-refractivity contribution is 7.97. The third kappa shape index (κ3) is 6.04. The number of hydrogen-bond acceptors (Lipinski definition) is 0. The summed E-state index contributed by atoms with van der Waals surface area (Å²) in [7, 11) is -0.0460. The Morgan fingerprint density at radius 2 is 0.938 bits per heavy atom. The van der Waals surface area contributed by atoms with E-state index in [1.165, 1.54) is 43.5 Å². The fraction of sp³-hybridized carbons (Fsp3) is 0.143. The highest BCUT2D eigenvalue weighted by Gasteiger charge is 2.32. The van der Waals surface area contributed by atoms with Crippen LogP contribution >= 0.6 is 0 Å². The summed E-state index contributed by atoms with van der Waals surface area (Å²) in [5, 5.41) is 0. The maximum atomic E-state index is 11.8. The van der Waals surface area contributed by atoms with Gasteiger partial charge in [-0.2, -0.15) is 13.2 Å². The number of alkyl halides is 3. The first-order valence-electron chi connectivity index (χ1n) is 10.3.